The van der Waals surface area contributed by atoms with Gasteiger partial charge < -0.3 is 15.8 Å². The average molecular weight is 237 g/mol. The van der Waals surface area contributed by atoms with Crippen LogP contribution in [0, 0.1) is 5.41 Å². The summed E-state index contributed by atoms with van der Waals surface area (Å²) < 4.78 is 4.97. The molecule has 0 radical (unpaired) electrons. The minimum absolute atomic E-state index is 0.176. The molecule has 1 heterocycles. The first-order valence-electron chi connectivity index (χ1n) is 5.83. The number of rotatable bonds is 3. The van der Waals surface area contributed by atoms with E-state index in [2.05, 4.69) is 34.1 Å². The molecule has 1 unspecified atom stereocenters. The number of methoxy groups -OCH3 is 1. The molecule has 0 bridgehead atoms. The highest BCUT2D eigenvalue weighted by Gasteiger charge is 2.34. The molecule has 1 aliphatic carbocycles. The molecule has 1 aliphatic rings. The molecule has 2 rings (SSSR count). The number of nitrogens with zero attached hydrogens (tertiary/aromatic N) is 3. The predicted molar refractivity (Wildman–Crippen MR) is 65.8 cm³/mol. The number of nitrogens with two attached hydrogens (primary N) is 1. The van der Waals surface area contributed by atoms with Gasteiger partial charge in [0.25, 0.3) is 0 Å². The van der Waals surface area contributed by atoms with Crippen LogP contribution in [0.1, 0.15) is 33.1 Å². The van der Waals surface area contributed by atoms with Gasteiger partial charge in [-0.2, -0.15) is 15.0 Å². The van der Waals surface area contributed by atoms with Crippen molar-refractivity contribution in [1.29, 1.82) is 0 Å². The van der Waals surface area contributed by atoms with Gasteiger partial charge in [-0.05, 0) is 18.3 Å². The topological polar surface area (TPSA) is 86.0 Å². The van der Waals surface area contributed by atoms with E-state index in [9.17, 15) is 0 Å². The molecule has 0 saturated heterocycles. The first kappa shape index (κ1) is 11.9. The van der Waals surface area contributed by atoms with Gasteiger partial charge in [0, 0.05) is 6.04 Å². The Balaban J connectivity index is 2.15. The second kappa shape index (κ2) is 4.35. The number of hydrogen-bond donors (Lipinski definition) is 2. The third-order valence-electron chi connectivity index (χ3n) is 3.38. The van der Waals surface area contributed by atoms with E-state index in [1.807, 2.05) is 0 Å². The third-order valence-corrected chi connectivity index (χ3v) is 3.38. The smallest absolute Gasteiger partial charge is 0.322 e. The third kappa shape index (κ3) is 2.57. The van der Waals surface area contributed by atoms with Crippen LogP contribution in [0.3, 0.4) is 0 Å². The largest absolute Gasteiger partial charge is 0.467 e. The van der Waals surface area contributed by atoms with Crippen LogP contribution in [-0.2, 0) is 0 Å². The van der Waals surface area contributed by atoms with Gasteiger partial charge in [-0.25, -0.2) is 0 Å². The summed E-state index contributed by atoms with van der Waals surface area (Å²) in [5.41, 5.74) is 5.85. The van der Waals surface area contributed by atoms with Crippen LogP contribution in [0.25, 0.3) is 0 Å². The van der Waals surface area contributed by atoms with Crippen LogP contribution in [0.2, 0.25) is 0 Å². The quantitative estimate of drug-likeness (QED) is 0.827. The Kier molecular flexibility index (Phi) is 3.04. The second-order valence-corrected chi connectivity index (χ2v) is 5.08. The summed E-state index contributed by atoms with van der Waals surface area (Å²) in [5.74, 6) is 0.671. The van der Waals surface area contributed by atoms with Gasteiger partial charge in [0.2, 0.25) is 11.9 Å². The molecule has 1 aromatic rings. The predicted octanol–water partition coefficient (Wildman–Crippen LogP) is 1.45. The highest BCUT2D eigenvalue weighted by molar-refractivity contribution is 5.34. The molecule has 0 aromatic carbocycles. The van der Waals surface area contributed by atoms with Gasteiger partial charge in [0.05, 0.1) is 7.11 Å². The van der Waals surface area contributed by atoms with Crippen LogP contribution in [0.4, 0.5) is 11.9 Å². The summed E-state index contributed by atoms with van der Waals surface area (Å²) >= 11 is 0. The fourth-order valence-corrected chi connectivity index (χ4v) is 2.28. The fraction of sp³-hybridized carbons (Fsp3) is 0.727. The molecule has 6 nitrogen and oxygen atoms in total. The van der Waals surface area contributed by atoms with Crippen LogP contribution >= 0.6 is 0 Å². The minimum atomic E-state index is 0.176. The lowest BCUT2D eigenvalue weighted by Crippen LogP contribution is -2.31. The number of nitrogens with one attached hydrogen (secondary N) is 1. The summed E-state index contributed by atoms with van der Waals surface area (Å²) in [6, 6.07) is 0.616. The lowest BCUT2D eigenvalue weighted by molar-refractivity contribution is 0.347. The Morgan fingerprint density at radius 1 is 1.35 bits per heavy atom. The van der Waals surface area contributed by atoms with Crippen molar-refractivity contribution in [2.45, 2.75) is 39.2 Å². The van der Waals surface area contributed by atoms with Crippen molar-refractivity contribution in [1.82, 2.24) is 15.0 Å². The molecule has 1 saturated carbocycles. The summed E-state index contributed by atoms with van der Waals surface area (Å²) in [7, 11) is 1.51. The van der Waals surface area contributed by atoms with Crippen molar-refractivity contribution >= 4 is 11.9 Å². The Labute approximate surface area is 101 Å². The van der Waals surface area contributed by atoms with E-state index in [1.165, 1.54) is 20.0 Å². The maximum atomic E-state index is 5.59. The van der Waals surface area contributed by atoms with E-state index in [0.717, 1.165) is 6.42 Å². The summed E-state index contributed by atoms with van der Waals surface area (Å²) in [4.78, 5) is 12.1. The molecule has 1 atom stereocenters. The molecule has 0 spiro atoms. The molecule has 1 aromatic heterocycles. The van der Waals surface area contributed by atoms with Crippen LogP contribution < -0.4 is 15.8 Å². The fourth-order valence-electron chi connectivity index (χ4n) is 2.28. The average Bonchev–Trinajstić information content (AvgIpc) is 2.57. The second-order valence-electron chi connectivity index (χ2n) is 5.08. The van der Waals surface area contributed by atoms with Crippen molar-refractivity contribution < 1.29 is 4.74 Å². The highest BCUT2D eigenvalue weighted by atomic mass is 16.5. The molecule has 94 valence electrons. The van der Waals surface area contributed by atoms with Gasteiger partial charge in [-0.15, -0.1) is 0 Å². The molecule has 3 N–H and O–H groups in total. The number of ether oxygens (including phenoxy) is 1. The first-order chi connectivity index (χ1) is 8.01. The van der Waals surface area contributed by atoms with Crippen molar-refractivity contribution in [2.24, 2.45) is 5.41 Å². The number of hydrogen-bond acceptors (Lipinski definition) is 6. The molecule has 0 aliphatic heterocycles. The standard InChI is InChI=1S/C11H19N5O/c1-11(2)6-4-5-7(11)13-9-14-8(12)15-10(16-9)17-3/h7H,4-6H2,1-3H3,(H3,12,13,14,15,16). The highest BCUT2D eigenvalue weighted by Crippen LogP contribution is 2.38. The molecule has 17 heavy (non-hydrogen) atoms. The Morgan fingerprint density at radius 2 is 2.12 bits per heavy atom. The van der Waals surface area contributed by atoms with Crippen molar-refractivity contribution in [3.8, 4) is 6.01 Å². The van der Waals surface area contributed by atoms with E-state index in [4.69, 9.17) is 10.5 Å². The van der Waals surface area contributed by atoms with E-state index >= 15 is 0 Å². The van der Waals surface area contributed by atoms with Crippen molar-refractivity contribution in [2.75, 3.05) is 18.2 Å². The summed E-state index contributed by atoms with van der Waals surface area (Å²) in [5, 5.41) is 3.32. The maximum absolute atomic E-state index is 5.59. The van der Waals surface area contributed by atoms with Crippen molar-refractivity contribution in [3.63, 3.8) is 0 Å². The van der Waals surface area contributed by atoms with E-state index in [0.29, 0.717) is 12.0 Å². The zero-order valence-corrected chi connectivity index (χ0v) is 10.5. The number of anilines is 2. The molecular weight excluding hydrogens is 218 g/mol. The Hall–Kier alpha value is -1.59. The Morgan fingerprint density at radius 3 is 2.71 bits per heavy atom. The zero-order valence-electron chi connectivity index (χ0n) is 10.5. The SMILES string of the molecule is COc1nc(N)nc(NC2CCCC2(C)C)n1. The van der Waals surface area contributed by atoms with Crippen molar-refractivity contribution in [3.05, 3.63) is 0 Å². The molecular formula is C11H19N5O. The maximum Gasteiger partial charge on any atom is 0.322 e. The van der Waals surface area contributed by atoms with Gasteiger partial charge >= 0.3 is 6.01 Å². The van der Waals surface area contributed by atoms with Crippen LogP contribution in [0.5, 0.6) is 6.01 Å². The first-order valence-corrected chi connectivity index (χ1v) is 5.83. The van der Waals surface area contributed by atoms with Gasteiger partial charge in [0.1, 0.15) is 0 Å². The molecule has 1 fully saturated rings. The Bertz CT molecular complexity index is 407. The van der Waals surface area contributed by atoms with Gasteiger partial charge in [0.15, 0.2) is 0 Å². The lowest BCUT2D eigenvalue weighted by atomic mass is 9.87. The monoisotopic (exact) mass is 237 g/mol. The van der Waals surface area contributed by atoms with E-state index in [-0.39, 0.29) is 17.4 Å². The van der Waals surface area contributed by atoms with Gasteiger partial charge in [-0.3, -0.25) is 0 Å². The minimum Gasteiger partial charge on any atom is -0.467 e. The normalized spacial score (nSPS) is 22.4. The molecule has 0 amide bonds. The van der Waals surface area contributed by atoms with E-state index < -0.39 is 0 Å². The van der Waals surface area contributed by atoms with E-state index in [1.54, 1.807) is 0 Å². The number of aromatic nitrogens is 3. The summed E-state index contributed by atoms with van der Waals surface area (Å²) in [6.45, 7) is 4.50. The zero-order chi connectivity index (χ0) is 12.5. The molecule has 6 heteroatoms. The summed E-state index contributed by atoms with van der Waals surface area (Å²) in [6.07, 6.45) is 3.56. The number of nitrogen functional groups attached to an aromatic ring is 1. The van der Waals surface area contributed by atoms with Crippen LogP contribution in [0.15, 0.2) is 0 Å². The van der Waals surface area contributed by atoms with Gasteiger partial charge in [-0.1, -0.05) is 20.3 Å². The van der Waals surface area contributed by atoms with Crippen LogP contribution in [-0.4, -0.2) is 28.1 Å². The lowest BCUT2D eigenvalue weighted by Gasteiger charge is -2.27.